The summed E-state index contributed by atoms with van der Waals surface area (Å²) in [6.45, 7) is 3.01. The van der Waals surface area contributed by atoms with E-state index in [0.717, 1.165) is 70.2 Å². The molecule has 162 valence electrons. The highest BCUT2D eigenvalue weighted by Gasteiger charge is 2.25. The second-order valence-electron chi connectivity index (χ2n) is 7.57. The van der Waals surface area contributed by atoms with Gasteiger partial charge in [-0.2, -0.15) is 0 Å². The molecule has 6 nitrogen and oxygen atoms in total. The maximum atomic E-state index is 11.9. The van der Waals surface area contributed by atoms with Gasteiger partial charge in [0.2, 0.25) is 0 Å². The summed E-state index contributed by atoms with van der Waals surface area (Å²) in [6, 6.07) is 11.6. The first kappa shape index (κ1) is 21.1. The minimum absolute atomic E-state index is 0.347. The van der Waals surface area contributed by atoms with Crippen LogP contribution in [-0.2, 0) is 11.3 Å². The molecule has 0 atom stereocenters. The van der Waals surface area contributed by atoms with Gasteiger partial charge in [0, 0.05) is 17.4 Å². The molecule has 0 spiro atoms. The lowest BCUT2D eigenvalue weighted by Crippen LogP contribution is -2.17. The van der Waals surface area contributed by atoms with Crippen LogP contribution in [0.5, 0.6) is 0 Å². The van der Waals surface area contributed by atoms with Crippen molar-refractivity contribution in [2.75, 3.05) is 0 Å². The van der Waals surface area contributed by atoms with Crippen molar-refractivity contribution >= 4 is 74.1 Å². The molecule has 3 heterocycles. The molecule has 1 aliphatic heterocycles. The highest BCUT2D eigenvalue weighted by Crippen LogP contribution is 2.33. The quantitative estimate of drug-likeness (QED) is 0.312. The van der Waals surface area contributed by atoms with Crippen LogP contribution in [0.1, 0.15) is 25.3 Å². The summed E-state index contributed by atoms with van der Waals surface area (Å²) in [5, 5.41) is 3.91. The molecule has 0 bridgehead atoms. The topological polar surface area (TPSA) is 79.8 Å². The first-order valence-electron chi connectivity index (χ1n) is 10.2. The number of hydrogen-bond acceptors (Lipinski definition) is 4. The van der Waals surface area contributed by atoms with Crippen LogP contribution in [0.25, 0.3) is 39.5 Å². The van der Waals surface area contributed by atoms with Gasteiger partial charge in [-0.1, -0.05) is 42.6 Å². The SMILES string of the molecule is CCCCn1c(-c2nc3cc(Cl)c(Cl)cc3[nH]2)cc2cc(C=C3SC(=O)NC3=O)ccc21. The van der Waals surface area contributed by atoms with Crippen molar-refractivity contribution in [3.05, 3.63) is 56.9 Å². The number of hydrogen-bond donors (Lipinski definition) is 2. The number of aryl methyl sites for hydroxylation is 1. The van der Waals surface area contributed by atoms with Crippen molar-refractivity contribution in [2.45, 2.75) is 26.3 Å². The lowest BCUT2D eigenvalue weighted by Gasteiger charge is -2.09. The predicted molar refractivity (Wildman–Crippen MR) is 131 cm³/mol. The summed E-state index contributed by atoms with van der Waals surface area (Å²) in [7, 11) is 0. The third-order valence-electron chi connectivity index (χ3n) is 5.37. The van der Waals surface area contributed by atoms with Crippen LogP contribution in [0, 0.1) is 0 Å². The molecule has 0 saturated carbocycles. The largest absolute Gasteiger partial charge is 0.338 e. The Bertz CT molecular complexity index is 1400. The minimum Gasteiger partial charge on any atom is -0.338 e. The smallest absolute Gasteiger partial charge is 0.290 e. The van der Waals surface area contributed by atoms with E-state index in [0.29, 0.717) is 15.0 Å². The van der Waals surface area contributed by atoms with Gasteiger partial charge in [-0.25, -0.2) is 4.98 Å². The zero-order valence-electron chi connectivity index (χ0n) is 17.0. The fourth-order valence-corrected chi connectivity index (χ4v) is 4.83. The van der Waals surface area contributed by atoms with Crippen molar-refractivity contribution in [3.63, 3.8) is 0 Å². The van der Waals surface area contributed by atoms with E-state index in [9.17, 15) is 9.59 Å². The van der Waals surface area contributed by atoms with E-state index >= 15 is 0 Å². The molecular formula is C23H18Cl2N4O2S. The number of amides is 2. The van der Waals surface area contributed by atoms with Crippen molar-refractivity contribution in [1.82, 2.24) is 19.9 Å². The first-order chi connectivity index (χ1) is 15.4. The van der Waals surface area contributed by atoms with Crippen LogP contribution in [0.4, 0.5) is 4.79 Å². The van der Waals surface area contributed by atoms with Crippen molar-refractivity contribution in [1.29, 1.82) is 0 Å². The van der Waals surface area contributed by atoms with Crippen molar-refractivity contribution < 1.29 is 9.59 Å². The van der Waals surface area contributed by atoms with Crippen LogP contribution in [-0.4, -0.2) is 25.7 Å². The molecule has 2 N–H and O–H groups in total. The molecule has 1 aliphatic rings. The summed E-state index contributed by atoms with van der Waals surface area (Å²) >= 11 is 13.3. The number of aromatic nitrogens is 3. The third-order valence-corrected chi connectivity index (χ3v) is 6.90. The van der Waals surface area contributed by atoms with Crippen LogP contribution >= 0.6 is 35.0 Å². The van der Waals surface area contributed by atoms with E-state index < -0.39 is 0 Å². The van der Waals surface area contributed by atoms with E-state index in [1.807, 2.05) is 18.2 Å². The van der Waals surface area contributed by atoms with Gasteiger partial charge in [-0.3, -0.25) is 14.9 Å². The van der Waals surface area contributed by atoms with E-state index in [2.05, 4.69) is 27.9 Å². The lowest BCUT2D eigenvalue weighted by atomic mass is 10.1. The Morgan fingerprint density at radius 2 is 1.94 bits per heavy atom. The molecule has 0 radical (unpaired) electrons. The van der Waals surface area contributed by atoms with E-state index in [1.54, 1.807) is 18.2 Å². The van der Waals surface area contributed by atoms with Crippen LogP contribution in [0.2, 0.25) is 10.0 Å². The summed E-state index contributed by atoms with van der Waals surface area (Å²) in [5.41, 5.74) is 4.46. The zero-order chi connectivity index (χ0) is 22.4. The highest BCUT2D eigenvalue weighted by atomic mass is 35.5. The molecule has 2 aromatic carbocycles. The molecule has 4 aromatic rings. The van der Waals surface area contributed by atoms with Gasteiger partial charge in [0.05, 0.1) is 31.7 Å². The average molecular weight is 485 g/mol. The number of benzene rings is 2. The number of fused-ring (bicyclic) bond motifs is 2. The lowest BCUT2D eigenvalue weighted by molar-refractivity contribution is -0.115. The second kappa shape index (κ2) is 8.31. The normalized spacial score (nSPS) is 15.4. The number of imide groups is 1. The fraction of sp³-hybridized carbons (Fsp3) is 0.174. The summed E-state index contributed by atoms with van der Waals surface area (Å²) < 4.78 is 2.25. The number of nitrogens with one attached hydrogen (secondary N) is 2. The van der Waals surface area contributed by atoms with Gasteiger partial charge in [0.1, 0.15) is 0 Å². The minimum atomic E-state index is -0.360. The number of carbonyl (C=O) groups is 2. The van der Waals surface area contributed by atoms with Crippen LogP contribution in [0.15, 0.2) is 41.3 Å². The molecule has 9 heteroatoms. The van der Waals surface area contributed by atoms with Crippen LogP contribution in [0.3, 0.4) is 0 Å². The molecule has 1 fully saturated rings. The molecule has 1 saturated heterocycles. The number of halogens is 2. The van der Waals surface area contributed by atoms with E-state index in [4.69, 9.17) is 28.2 Å². The Morgan fingerprint density at radius 3 is 2.69 bits per heavy atom. The monoisotopic (exact) mass is 484 g/mol. The van der Waals surface area contributed by atoms with Gasteiger partial charge in [-0.05, 0) is 60.2 Å². The Kier molecular flexibility index (Phi) is 5.49. The van der Waals surface area contributed by atoms with Gasteiger partial charge in [0.15, 0.2) is 5.82 Å². The maximum Gasteiger partial charge on any atom is 0.290 e. The Hall–Kier alpha value is -2.74. The zero-order valence-corrected chi connectivity index (χ0v) is 19.4. The summed E-state index contributed by atoms with van der Waals surface area (Å²) in [6.07, 6.45) is 3.83. The number of carbonyl (C=O) groups excluding carboxylic acids is 2. The molecule has 2 amide bonds. The Balaban J connectivity index is 1.62. The molecule has 0 aliphatic carbocycles. The Morgan fingerprint density at radius 1 is 1.12 bits per heavy atom. The standard InChI is InChI=1S/C23H18Cl2N4O2S/c1-2-3-6-29-18-5-4-12(8-20-22(30)28-23(31)32-20)7-13(18)9-19(29)21-26-16-10-14(24)15(25)11-17(16)27-21/h4-5,7-11H,2-3,6H2,1H3,(H,26,27)(H,28,30,31). The van der Waals surface area contributed by atoms with Gasteiger partial charge in [0.25, 0.3) is 11.1 Å². The molecule has 5 rings (SSSR count). The molecular weight excluding hydrogens is 467 g/mol. The van der Waals surface area contributed by atoms with E-state index in [1.165, 1.54) is 0 Å². The van der Waals surface area contributed by atoms with Gasteiger partial charge < -0.3 is 9.55 Å². The van der Waals surface area contributed by atoms with Crippen LogP contribution < -0.4 is 5.32 Å². The summed E-state index contributed by atoms with van der Waals surface area (Å²) in [4.78, 5) is 31.8. The maximum absolute atomic E-state index is 11.9. The molecule has 0 unspecified atom stereocenters. The van der Waals surface area contributed by atoms with Gasteiger partial charge >= 0.3 is 0 Å². The van der Waals surface area contributed by atoms with Crippen molar-refractivity contribution in [2.24, 2.45) is 0 Å². The number of aromatic amines is 1. The number of thioether (sulfide) groups is 1. The number of rotatable bonds is 5. The third kappa shape index (κ3) is 3.81. The number of imidazole rings is 1. The Labute approximate surface area is 198 Å². The average Bonchev–Trinajstić information content (AvgIpc) is 3.41. The number of H-pyrrole nitrogens is 1. The predicted octanol–water partition coefficient (Wildman–Crippen LogP) is 6.62. The van der Waals surface area contributed by atoms with E-state index in [-0.39, 0.29) is 11.1 Å². The van der Waals surface area contributed by atoms with Crippen molar-refractivity contribution in [3.8, 4) is 11.5 Å². The second-order valence-corrected chi connectivity index (χ2v) is 9.40. The fourth-order valence-electron chi connectivity index (χ4n) is 3.83. The molecule has 32 heavy (non-hydrogen) atoms. The van der Waals surface area contributed by atoms with Gasteiger partial charge in [-0.15, -0.1) is 0 Å². The molecule has 2 aromatic heterocycles. The summed E-state index contributed by atoms with van der Waals surface area (Å²) in [5.74, 6) is 0.378. The number of nitrogens with zero attached hydrogens (tertiary/aromatic N) is 2. The highest BCUT2D eigenvalue weighted by molar-refractivity contribution is 8.18. The first-order valence-corrected chi connectivity index (χ1v) is 11.7. The number of unbranched alkanes of at least 4 members (excludes halogenated alkanes) is 1.